The number of ether oxygens (including phenoxy) is 1. The van der Waals surface area contributed by atoms with E-state index in [2.05, 4.69) is 5.32 Å². The molecule has 1 aliphatic rings. The summed E-state index contributed by atoms with van der Waals surface area (Å²) < 4.78 is 7.20. The van der Waals surface area contributed by atoms with E-state index in [1.807, 2.05) is 65.2 Å². The summed E-state index contributed by atoms with van der Waals surface area (Å²) in [5, 5.41) is 4.30. The number of nitrogens with two attached hydrogens (primary N) is 1. The van der Waals surface area contributed by atoms with Crippen molar-refractivity contribution >= 4 is 35.2 Å². The van der Waals surface area contributed by atoms with Crippen molar-refractivity contribution in [1.29, 1.82) is 0 Å². The third-order valence-corrected chi connectivity index (χ3v) is 5.33. The van der Waals surface area contributed by atoms with Gasteiger partial charge in [0.05, 0.1) is 24.3 Å². The van der Waals surface area contributed by atoms with Gasteiger partial charge in [-0.2, -0.15) is 0 Å². The van der Waals surface area contributed by atoms with Gasteiger partial charge in [0.1, 0.15) is 5.69 Å². The van der Waals surface area contributed by atoms with Crippen LogP contribution in [0.5, 0.6) is 0 Å². The van der Waals surface area contributed by atoms with E-state index in [1.165, 1.54) is 0 Å². The molecule has 0 aliphatic carbocycles. The van der Waals surface area contributed by atoms with E-state index in [0.717, 1.165) is 16.5 Å². The van der Waals surface area contributed by atoms with Crippen LogP contribution < -0.4 is 11.1 Å². The summed E-state index contributed by atoms with van der Waals surface area (Å²) in [6.45, 7) is 2.09. The Hall–Kier alpha value is -2.83. The first-order chi connectivity index (χ1) is 13.6. The third-order valence-electron chi connectivity index (χ3n) is 5.33. The second-order valence-corrected chi connectivity index (χ2v) is 6.99. The number of nitrogens with one attached hydrogen (secondary N) is 1. The fourth-order valence-corrected chi connectivity index (χ4v) is 4.13. The van der Waals surface area contributed by atoms with E-state index in [4.69, 9.17) is 10.5 Å². The molecule has 1 aromatic heterocycles. The number of benzene rings is 2. The van der Waals surface area contributed by atoms with E-state index in [9.17, 15) is 9.59 Å². The number of hydrogen-bond acceptors (Lipinski definition) is 4. The minimum Gasteiger partial charge on any atom is -0.461 e. The van der Waals surface area contributed by atoms with Crippen molar-refractivity contribution in [2.75, 3.05) is 6.61 Å². The molecule has 1 saturated heterocycles. The first-order valence-corrected chi connectivity index (χ1v) is 9.47. The minimum atomic E-state index is -0.511. The van der Waals surface area contributed by atoms with E-state index in [1.54, 1.807) is 6.92 Å². The summed E-state index contributed by atoms with van der Waals surface area (Å²) in [5.41, 5.74) is 8.13. The highest BCUT2D eigenvalue weighted by atomic mass is 35.5. The zero-order chi connectivity index (χ0) is 19.7. The molecule has 2 aromatic carbocycles. The van der Waals surface area contributed by atoms with Crippen molar-refractivity contribution in [2.24, 2.45) is 5.73 Å². The van der Waals surface area contributed by atoms with Crippen LogP contribution in [0.2, 0.25) is 0 Å². The molecule has 1 amide bonds. The number of amides is 1. The Balaban J connectivity index is 0.00000240. The molecule has 1 unspecified atom stereocenters. The average molecular weight is 414 g/mol. The van der Waals surface area contributed by atoms with Gasteiger partial charge in [0.15, 0.2) is 0 Å². The maximum atomic E-state index is 12.6. The van der Waals surface area contributed by atoms with Gasteiger partial charge in [0.2, 0.25) is 5.91 Å². The lowest BCUT2D eigenvalue weighted by molar-refractivity contribution is -0.120. The van der Waals surface area contributed by atoms with Crippen molar-refractivity contribution in [3.63, 3.8) is 0 Å². The van der Waals surface area contributed by atoms with Crippen LogP contribution in [0.25, 0.3) is 10.9 Å². The number of aromatic nitrogens is 1. The summed E-state index contributed by atoms with van der Waals surface area (Å²) in [6.07, 6.45) is 0.393. The van der Waals surface area contributed by atoms with E-state index in [0.29, 0.717) is 18.7 Å². The van der Waals surface area contributed by atoms with Crippen molar-refractivity contribution in [3.05, 3.63) is 71.9 Å². The first kappa shape index (κ1) is 20.9. The molecule has 3 atom stereocenters. The summed E-state index contributed by atoms with van der Waals surface area (Å²) in [5.74, 6) is -0.843. The van der Waals surface area contributed by atoms with E-state index in [-0.39, 0.29) is 30.5 Å². The lowest BCUT2D eigenvalue weighted by atomic mass is 9.91. The number of para-hydroxylation sites is 1. The third kappa shape index (κ3) is 3.86. The van der Waals surface area contributed by atoms with Crippen molar-refractivity contribution in [3.8, 4) is 0 Å². The molecule has 1 fully saturated rings. The number of fused-ring (bicyclic) bond motifs is 1. The van der Waals surface area contributed by atoms with Crippen molar-refractivity contribution in [1.82, 2.24) is 9.88 Å². The highest BCUT2D eigenvalue weighted by molar-refractivity contribution is 5.96. The van der Waals surface area contributed by atoms with Gasteiger partial charge in [-0.1, -0.05) is 48.5 Å². The second-order valence-electron chi connectivity index (χ2n) is 6.99. The molecule has 0 saturated carbocycles. The van der Waals surface area contributed by atoms with Crippen LogP contribution in [0, 0.1) is 0 Å². The maximum Gasteiger partial charge on any atom is 0.355 e. The molecule has 6 nitrogen and oxygen atoms in total. The van der Waals surface area contributed by atoms with Crippen LogP contribution in [0.3, 0.4) is 0 Å². The standard InChI is InChI=1S/C22H23N3O3.ClH/c1-2-28-22(27)18-12-15-10-6-7-11-17(15)25(18)19-13-16(20(24-19)21(23)26)14-8-4-3-5-9-14;/h3-12,16,19-20,24H,2,13H2,1H3,(H2,23,26);1H/t16-,19?,20-;/m0./s1. The van der Waals surface area contributed by atoms with Gasteiger partial charge in [-0.25, -0.2) is 4.79 Å². The number of nitrogens with zero attached hydrogens (tertiary/aromatic N) is 1. The zero-order valence-corrected chi connectivity index (χ0v) is 16.9. The highest BCUT2D eigenvalue weighted by Gasteiger charge is 2.40. The van der Waals surface area contributed by atoms with Crippen molar-refractivity contribution < 1.29 is 14.3 Å². The van der Waals surface area contributed by atoms with Crippen LogP contribution in [-0.2, 0) is 9.53 Å². The van der Waals surface area contributed by atoms with Crippen molar-refractivity contribution in [2.45, 2.75) is 31.5 Å². The molecule has 2 heterocycles. The monoisotopic (exact) mass is 413 g/mol. The topological polar surface area (TPSA) is 86.3 Å². The predicted molar refractivity (Wildman–Crippen MR) is 114 cm³/mol. The fourth-order valence-electron chi connectivity index (χ4n) is 4.13. The van der Waals surface area contributed by atoms with Crippen LogP contribution in [0.4, 0.5) is 0 Å². The number of carbonyl (C=O) groups excluding carboxylic acids is 2. The average Bonchev–Trinajstić information content (AvgIpc) is 3.30. The first-order valence-electron chi connectivity index (χ1n) is 9.47. The largest absolute Gasteiger partial charge is 0.461 e. The molecule has 152 valence electrons. The number of carbonyl (C=O) groups is 2. The SMILES string of the molecule is CCOC(=O)c1cc2ccccc2n1C1C[C@@H](c2ccccc2)[C@@H](C(N)=O)N1.Cl. The van der Waals surface area contributed by atoms with E-state index < -0.39 is 11.9 Å². The highest BCUT2D eigenvalue weighted by Crippen LogP contribution is 2.38. The Bertz CT molecular complexity index is 1020. The molecule has 0 radical (unpaired) electrons. The number of rotatable bonds is 5. The lowest BCUT2D eigenvalue weighted by Gasteiger charge is -2.18. The molecular formula is C22H24ClN3O3. The molecule has 0 spiro atoms. The van der Waals surface area contributed by atoms with Gasteiger partial charge < -0.3 is 15.0 Å². The van der Waals surface area contributed by atoms with Crippen LogP contribution in [0.1, 0.15) is 41.5 Å². The Labute approximate surface area is 175 Å². The summed E-state index contributed by atoms with van der Waals surface area (Å²) in [4.78, 5) is 24.7. The molecule has 7 heteroatoms. The van der Waals surface area contributed by atoms with E-state index >= 15 is 0 Å². The molecular weight excluding hydrogens is 390 g/mol. The Morgan fingerprint density at radius 1 is 1.14 bits per heavy atom. The quantitative estimate of drug-likeness (QED) is 0.628. The lowest BCUT2D eigenvalue weighted by Crippen LogP contribution is -2.41. The Morgan fingerprint density at radius 3 is 2.52 bits per heavy atom. The maximum absolute atomic E-state index is 12.6. The number of primary amides is 1. The number of hydrogen-bond donors (Lipinski definition) is 2. The summed E-state index contributed by atoms with van der Waals surface area (Å²) in [6, 6.07) is 19.0. The predicted octanol–water partition coefficient (Wildman–Crippen LogP) is 3.37. The Morgan fingerprint density at radius 2 is 1.83 bits per heavy atom. The van der Waals surface area contributed by atoms with Crippen LogP contribution in [0.15, 0.2) is 60.7 Å². The van der Waals surface area contributed by atoms with Gasteiger partial charge in [0.25, 0.3) is 0 Å². The smallest absolute Gasteiger partial charge is 0.355 e. The Kier molecular flexibility index (Phi) is 6.25. The van der Waals surface area contributed by atoms with Crippen LogP contribution in [-0.4, -0.2) is 29.1 Å². The van der Waals surface area contributed by atoms with Gasteiger partial charge in [-0.05, 0) is 31.0 Å². The molecule has 0 bridgehead atoms. The van der Waals surface area contributed by atoms with Crippen LogP contribution >= 0.6 is 12.4 Å². The molecule has 3 aromatic rings. The zero-order valence-electron chi connectivity index (χ0n) is 16.1. The second kappa shape index (κ2) is 8.68. The number of esters is 1. The normalized spacial score (nSPS) is 20.9. The number of halogens is 1. The molecule has 3 N–H and O–H groups in total. The molecule has 1 aliphatic heterocycles. The van der Waals surface area contributed by atoms with Gasteiger partial charge >= 0.3 is 5.97 Å². The molecule has 4 rings (SSSR count). The van der Waals surface area contributed by atoms with Gasteiger partial charge in [0, 0.05) is 11.3 Å². The van der Waals surface area contributed by atoms with Gasteiger partial charge in [-0.3, -0.25) is 10.1 Å². The minimum absolute atomic E-state index is 0. The summed E-state index contributed by atoms with van der Waals surface area (Å²) >= 11 is 0. The van der Waals surface area contributed by atoms with Gasteiger partial charge in [-0.15, -0.1) is 12.4 Å². The molecule has 29 heavy (non-hydrogen) atoms. The summed E-state index contributed by atoms with van der Waals surface area (Å²) in [7, 11) is 0. The fraction of sp³-hybridized carbons (Fsp3) is 0.273.